The molecular weight excluding hydrogens is 918 g/mol. The number of piperidine rings is 3. The van der Waals surface area contributed by atoms with Gasteiger partial charge in [-0.05, 0) is 80.0 Å². The fourth-order valence-electron chi connectivity index (χ4n) is 11.1. The van der Waals surface area contributed by atoms with E-state index in [1.54, 1.807) is 40.4 Å². The van der Waals surface area contributed by atoms with E-state index >= 15 is 4.39 Å². The van der Waals surface area contributed by atoms with Crippen LogP contribution in [0.1, 0.15) is 93.2 Å². The van der Waals surface area contributed by atoms with Gasteiger partial charge in [0.2, 0.25) is 11.8 Å². The number of piperazine rings is 1. The summed E-state index contributed by atoms with van der Waals surface area (Å²) in [7, 11) is 0. The molecule has 17 nitrogen and oxygen atoms in total. The third-order valence-corrected chi connectivity index (χ3v) is 15.3. The molecule has 5 aliphatic heterocycles. The molecule has 5 aromatic rings. The first kappa shape index (κ1) is 49.1. The number of benzene rings is 3. The van der Waals surface area contributed by atoms with Crippen LogP contribution in [-0.2, 0) is 33.8 Å². The normalized spacial score (nSPS) is 19.7. The second-order valence-corrected chi connectivity index (χ2v) is 20.1. The van der Waals surface area contributed by atoms with Crippen LogP contribution in [-0.4, -0.2) is 177 Å². The third kappa shape index (κ3) is 11.7. The average Bonchev–Trinajstić information content (AvgIpc) is 3.83. The van der Waals surface area contributed by atoms with Crippen molar-refractivity contribution < 1.29 is 28.3 Å². The molecule has 0 spiro atoms. The molecule has 0 radical (unpaired) electrons. The van der Waals surface area contributed by atoms with Crippen molar-refractivity contribution in [2.75, 3.05) is 91.6 Å². The van der Waals surface area contributed by atoms with Crippen molar-refractivity contribution in [2.45, 2.75) is 76.2 Å². The van der Waals surface area contributed by atoms with Crippen LogP contribution < -0.4 is 10.9 Å². The molecule has 1 atom stereocenters. The quantitative estimate of drug-likeness (QED) is 0.165. The monoisotopic (exact) mass is 982 g/mol. The first-order valence-electron chi connectivity index (χ1n) is 25.7. The number of rotatable bonds is 14. The van der Waals surface area contributed by atoms with E-state index in [-0.39, 0.29) is 47.0 Å². The smallest absolute Gasteiger partial charge is 0.272 e. The maximum absolute atomic E-state index is 15.1. The van der Waals surface area contributed by atoms with Gasteiger partial charge in [-0.1, -0.05) is 36.4 Å². The Balaban J connectivity index is 0.598. The largest absolute Gasteiger partial charge is 0.375 e. The Morgan fingerprint density at radius 1 is 0.736 bits per heavy atom. The minimum Gasteiger partial charge on any atom is -0.375 e. The molecule has 7 heterocycles. The number of H-pyrrole nitrogens is 1. The lowest BCUT2D eigenvalue weighted by Gasteiger charge is -2.38. The Morgan fingerprint density at radius 3 is 2.24 bits per heavy atom. The SMILES string of the molecule is O=C(NCCN1CCC(OC2CCN(CC(=O)N3CCN(C(=O)c4cc(Cc5n[nH]c(=O)c6ccccc56)ccc4F)CC3)CC2)CC1)c1cccc(C2CCCN(C(=O)CN3Cc4cncnc4C3)C2)c1. The van der Waals surface area contributed by atoms with Gasteiger partial charge in [0, 0.05) is 127 Å². The number of ether oxygens (including phenoxy) is 1. The molecule has 1 unspecified atom stereocenters. The molecule has 18 heteroatoms. The van der Waals surface area contributed by atoms with Gasteiger partial charge in [-0.2, -0.15) is 5.10 Å². The van der Waals surface area contributed by atoms with Crippen LogP contribution >= 0.6 is 0 Å². The van der Waals surface area contributed by atoms with Crippen LogP contribution in [0.2, 0.25) is 0 Å². The highest BCUT2D eigenvalue weighted by Crippen LogP contribution is 2.29. The summed E-state index contributed by atoms with van der Waals surface area (Å²) in [4.78, 5) is 86.4. The van der Waals surface area contributed by atoms with Crippen LogP contribution in [0.4, 0.5) is 4.39 Å². The number of likely N-dealkylation sites (tertiary alicyclic amines) is 3. The van der Waals surface area contributed by atoms with Crippen molar-refractivity contribution in [3.63, 3.8) is 0 Å². The van der Waals surface area contributed by atoms with Crippen molar-refractivity contribution >= 4 is 34.4 Å². The Bertz CT molecular complexity index is 2800. The van der Waals surface area contributed by atoms with Gasteiger partial charge < -0.3 is 29.7 Å². The number of nitrogens with one attached hydrogen (secondary N) is 2. The van der Waals surface area contributed by atoms with Crippen molar-refractivity contribution in [3.05, 3.63) is 135 Å². The molecule has 378 valence electrons. The van der Waals surface area contributed by atoms with Crippen LogP contribution in [0.3, 0.4) is 0 Å². The van der Waals surface area contributed by atoms with E-state index in [0.717, 1.165) is 94.6 Å². The number of halogens is 1. The van der Waals surface area contributed by atoms with Gasteiger partial charge >= 0.3 is 0 Å². The minimum atomic E-state index is -0.604. The number of aromatic nitrogens is 4. The molecule has 4 amide bonds. The van der Waals surface area contributed by atoms with E-state index in [0.29, 0.717) is 99.5 Å². The first-order chi connectivity index (χ1) is 35.1. The van der Waals surface area contributed by atoms with Gasteiger partial charge in [-0.3, -0.25) is 33.8 Å². The van der Waals surface area contributed by atoms with E-state index in [2.05, 4.69) is 46.2 Å². The summed E-state index contributed by atoms with van der Waals surface area (Å²) in [5.74, 6) is -0.741. The fourth-order valence-corrected chi connectivity index (χ4v) is 11.1. The number of fused-ring (bicyclic) bond motifs is 2. The Morgan fingerprint density at radius 2 is 1.46 bits per heavy atom. The maximum atomic E-state index is 15.1. The molecule has 10 rings (SSSR count). The molecule has 5 aliphatic rings. The Kier molecular flexibility index (Phi) is 15.4. The van der Waals surface area contributed by atoms with Crippen molar-refractivity contribution in [2.24, 2.45) is 0 Å². The van der Waals surface area contributed by atoms with E-state index in [1.165, 1.54) is 6.07 Å². The maximum Gasteiger partial charge on any atom is 0.272 e. The molecule has 4 saturated heterocycles. The number of hydrogen-bond acceptors (Lipinski definition) is 12. The van der Waals surface area contributed by atoms with E-state index in [1.807, 2.05) is 41.4 Å². The molecule has 2 N–H and O–H groups in total. The Labute approximate surface area is 418 Å². The summed E-state index contributed by atoms with van der Waals surface area (Å²) < 4.78 is 21.7. The van der Waals surface area contributed by atoms with Gasteiger partial charge in [0.1, 0.15) is 12.1 Å². The number of carbonyl (C=O) groups excluding carboxylic acids is 4. The second-order valence-electron chi connectivity index (χ2n) is 20.1. The van der Waals surface area contributed by atoms with E-state index < -0.39 is 11.7 Å². The number of carbonyl (C=O) groups is 4. The molecule has 2 aromatic heterocycles. The summed E-state index contributed by atoms with van der Waals surface area (Å²) in [6, 6.07) is 19.5. The number of nitrogens with zero attached hydrogens (tertiary/aromatic N) is 9. The zero-order valence-corrected chi connectivity index (χ0v) is 40.9. The lowest BCUT2D eigenvalue weighted by atomic mass is 9.89. The topological polar surface area (TPSA) is 181 Å². The highest BCUT2D eigenvalue weighted by molar-refractivity contribution is 5.95. The van der Waals surface area contributed by atoms with Crippen molar-refractivity contribution in [1.29, 1.82) is 0 Å². The molecule has 72 heavy (non-hydrogen) atoms. The summed E-state index contributed by atoms with van der Waals surface area (Å²) in [6.07, 6.45) is 9.58. The molecular formula is C54H64FN11O6. The van der Waals surface area contributed by atoms with Gasteiger partial charge in [-0.15, -0.1) is 0 Å². The van der Waals surface area contributed by atoms with Crippen LogP contribution in [0.15, 0.2) is 84.0 Å². The highest BCUT2D eigenvalue weighted by atomic mass is 19.1. The lowest BCUT2D eigenvalue weighted by Crippen LogP contribution is -2.53. The van der Waals surface area contributed by atoms with E-state index in [4.69, 9.17) is 4.74 Å². The second kappa shape index (κ2) is 22.5. The summed E-state index contributed by atoms with van der Waals surface area (Å²) >= 11 is 0. The van der Waals surface area contributed by atoms with Crippen LogP contribution in [0.25, 0.3) is 10.8 Å². The summed E-state index contributed by atoms with van der Waals surface area (Å²) in [5.41, 5.74) is 4.85. The third-order valence-electron chi connectivity index (χ3n) is 15.3. The molecule has 0 saturated carbocycles. The summed E-state index contributed by atoms with van der Waals surface area (Å²) in [5, 5.41) is 11.1. The first-order valence-corrected chi connectivity index (χ1v) is 25.7. The predicted molar refractivity (Wildman–Crippen MR) is 268 cm³/mol. The zero-order chi connectivity index (χ0) is 49.6. The minimum absolute atomic E-state index is 0.0204. The number of amides is 4. The van der Waals surface area contributed by atoms with Crippen molar-refractivity contribution in [1.82, 2.24) is 54.9 Å². The predicted octanol–water partition coefficient (Wildman–Crippen LogP) is 3.82. The van der Waals surface area contributed by atoms with Gasteiger partial charge in [0.25, 0.3) is 17.4 Å². The standard InChI is InChI=1S/C54H64FN11O6/c55-47-11-10-37(28-48-44-8-1-2-9-45(44)53(70)60-59-48)27-46(47)54(71)65-25-23-64(24-26-65)50(67)34-62-20-14-43(15-21-62)72-42-12-18-61(19-13-42)22-16-57-52(69)39-6-3-5-38(29-39)40-7-4-17-66(32-40)51(68)35-63-31-41-30-56-36-58-49(41)33-63/h1-3,5-6,8-11,27,29-30,36,40,42-43H,4,7,12-26,28,31-35H2,(H,57,69)(H,60,70). The molecule has 0 aliphatic carbocycles. The molecule has 4 fully saturated rings. The summed E-state index contributed by atoms with van der Waals surface area (Å²) in [6.45, 7) is 9.56. The number of aromatic amines is 1. The average molecular weight is 982 g/mol. The van der Waals surface area contributed by atoms with Crippen molar-refractivity contribution in [3.8, 4) is 0 Å². The Hall–Kier alpha value is -6.47. The zero-order valence-electron chi connectivity index (χ0n) is 40.9. The van der Waals surface area contributed by atoms with Gasteiger partial charge in [0.05, 0.1) is 47.6 Å². The highest BCUT2D eigenvalue weighted by Gasteiger charge is 2.32. The molecule has 3 aromatic carbocycles. The van der Waals surface area contributed by atoms with Crippen LogP contribution in [0, 0.1) is 5.82 Å². The number of hydrogen-bond donors (Lipinski definition) is 2. The lowest BCUT2D eigenvalue weighted by molar-refractivity contribution is -0.135. The fraction of sp³-hybridized carbons (Fsp3) is 0.481. The van der Waals surface area contributed by atoms with E-state index in [9.17, 15) is 24.0 Å². The van der Waals surface area contributed by atoms with Gasteiger partial charge in [0.15, 0.2) is 0 Å². The molecule has 0 bridgehead atoms. The van der Waals surface area contributed by atoms with Gasteiger partial charge in [-0.25, -0.2) is 19.5 Å². The van der Waals surface area contributed by atoms with Crippen LogP contribution in [0.5, 0.6) is 0 Å².